The molecule has 2 rings (SSSR count). The van der Waals surface area contributed by atoms with E-state index in [4.69, 9.17) is 10.2 Å². The van der Waals surface area contributed by atoms with Gasteiger partial charge in [-0.25, -0.2) is 0 Å². The number of carbonyl (C=O) groups excluding carboxylic acids is 1. The molecule has 6 nitrogen and oxygen atoms in total. The Morgan fingerprint density at radius 3 is 3.00 bits per heavy atom. The summed E-state index contributed by atoms with van der Waals surface area (Å²) in [6.45, 7) is 1.62. The van der Waals surface area contributed by atoms with Gasteiger partial charge in [-0.2, -0.15) is 0 Å². The molecule has 3 N–H and O–H groups in total. The fourth-order valence-corrected chi connectivity index (χ4v) is 1.28. The fourth-order valence-electron chi connectivity index (χ4n) is 1.28. The van der Waals surface area contributed by atoms with Gasteiger partial charge in [-0.3, -0.25) is 4.79 Å². The average Bonchev–Trinajstić information content (AvgIpc) is 2.82. The van der Waals surface area contributed by atoms with E-state index in [2.05, 4.69) is 15.5 Å². The zero-order chi connectivity index (χ0) is 12.3. The monoisotopic (exact) mass is 232 g/mol. The minimum Gasteiger partial charge on any atom is -0.423 e. The van der Waals surface area contributed by atoms with Crippen LogP contribution in [-0.4, -0.2) is 22.1 Å². The van der Waals surface area contributed by atoms with E-state index in [-0.39, 0.29) is 5.91 Å². The van der Waals surface area contributed by atoms with Gasteiger partial charge >= 0.3 is 0 Å². The van der Waals surface area contributed by atoms with Crippen LogP contribution >= 0.6 is 0 Å². The van der Waals surface area contributed by atoms with Crippen LogP contribution in [0.5, 0.6) is 0 Å². The van der Waals surface area contributed by atoms with Crippen molar-refractivity contribution in [3.63, 3.8) is 0 Å². The Morgan fingerprint density at radius 1 is 1.53 bits per heavy atom. The van der Waals surface area contributed by atoms with E-state index in [1.54, 1.807) is 25.1 Å². The van der Waals surface area contributed by atoms with Gasteiger partial charge in [-0.05, 0) is 25.1 Å². The molecule has 0 aliphatic carbocycles. The van der Waals surface area contributed by atoms with Crippen LogP contribution in [0.4, 0.5) is 5.69 Å². The second-order valence-electron chi connectivity index (χ2n) is 3.60. The van der Waals surface area contributed by atoms with E-state index < -0.39 is 6.04 Å². The number of nitrogens with two attached hydrogens (primary N) is 1. The van der Waals surface area contributed by atoms with Crippen LogP contribution in [0.3, 0.4) is 0 Å². The standard InChI is InChI=1S/C11H12N4O2/c1-7(12)10(16)14-9-4-2-3-8(5-9)11-15-13-6-17-11/h2-7H,12H2,1H3,(H,14,16). The number of nitrogens with zero attached hydrogens (tertiary/aromatic N) is 2. The van der Waals surface area contributed by atoms with Crippen LogP contribution in [0.25, 0.3) is 11.5 Å². The molecule has 0 fully saturated rings. The summed E-state index contributed by atoms with van der Waals surface area (Å²) in [6.07, 6.45) is 1.25. The van der Waals surface area contributed by atoms with Gasteiger partial charge in [0.1, 0.15) is 0 Å². The van der Waals surface area contributed by atoms with Crippen molar-refractivity contribution in [1.82, 2.24) is 10.2 Å². The lowest BCUT2D eigenvalue weighted by atomic mass is 10.2. The Bertz CT molecular complexity index is 508. The quantitative estimate of drug-likeness (QED) is 0.824. The number of rotatable bonds is 3. The van der Waals surface area contributed by atoms with Crippen molar-refractivity contribution in [2.75, 3.05) is 5.32 Å². The van der Waals surface area contributed by atoms with Crippen molar-refractivity contribution < 1.29 is 9.21 Å². The molecular formula is C11H12N4O2. The van der Waals surface area contributed by atoms with E-state index in [1.807, 2.05) is 6.07 Å². The first-order chi connectivity index (χ1) is 8.16. The third-order valence-electron chi connectivity index (χ3n) is 2.15. The highest BCUT2D eigenvalue weighted by Gasteiger charge is 2.09. The summed E-state index contributed by atoms with van der Waals surface area (Å²) in [5.41, 5.74) is 6.85. The number of aromatic nitrogens is 2. The Hall–Kier alpha value is -2.21. The minimum absolute atomic E-state index is 0.243. The maximum Gasteiger partial charge on any atom is 0.247 e. The fraction of sp³-hybridized carbons (Fsp3) is 0.182. The summed E-state index contributed by atoms with van der Waals surface area (Å²) in [5.74, 6) is 0.162. The second kappa shape index (κ2) is 4.75. The molecule has 1 unspecified atom stereocenters. The lowest BCUT2D eigenvalue weighted by molar-refractivity contribution is -0.117. The van der Waals surface area contributed by atoms with E-state index in [1.165, 1.54) is 6.39 Å². The molecule has 6 heteroatoms. The molecule has 0 aliphatic rings. The molecule has 88 valence electrons. The molecule has 1 aromatic heterocycles. The molecule has 1 heterocycles. The first kappa shape index (κ1) is 11.3. The summed E-state index contributed by atoms with van der Waals surface area (Å²) >= 11 is 0. The number of anilines is 1. The van der Waals surface area contributed by atoms with Crippen molar-refractivity contribution in [2.24, 2.45) is 5.73 Å². The van der Waals surface area contributed by atoms with Gasteiger partial charge in [0.2, 0.25) is 18.2 Å². The van der Waals surface area contributed by atoms with Gasteiger partial charge in [-0.15, -0.1) is 10.2 Å². The predicted molar refractivity (Wildman–Crippen MR) is 62.0 cm³/mol. The summed E-state index contributed by atoms with van der Waals surface area (Å²) in [6, 6.07) is 6.56. The van der Waals surface area contributed by atoms with E-state index in [0.717, 1.165) is 5.56 Å². The first-order valence-electron chi connectivity index (χ1n) is 5.10. The number of carbonyl (C=O) groups is 1. The van der Waals surface area contributed by atoms with Gasteiger partial charge < -0.3 is 15.5 Å². The van der Waals surface area contributed by atoms with E-state index >= 15 is 0 Å². The third-order valence-corrected chi connectivity index (χ3v) is 2.15. The van der Waals surface area contributed by atoms with Crippen LogP contribution in [0, 0.1) is 0 Å². The molecule has 0 radical (unpaired) electrons. The third kappa shape index (κ3) is 2.67. The van der Waals surface area contributed by atoms with Gasteiger partial charge in [0.15, 0.2) is 0 Å². The molecule has 0 saturated carbocycles. The van der Waals surface area contributed by atoms with E-state index in [0.29, 0.717) is 11.6 Å². The molecular weight excluding hydrogens is 220 g/mol. The number of benzene rings is 1. The molecule has 0 saturated heterocycles. The molecule has 0 aliphatic heterocycles. The maximum atomic E-state index is 11.4. The van der Waals surface area contributed by atoms with Crippen molar-refractivity contribution in [1.29, 1.82) is 0 Å². The first-order valence-corrected chi connectivity index (χ1v) is 5.10. The Balaban J connectivity index is 2.20. The summed E-state index contributed by atoms with van der Waals surface area (Å²) in [4.78, 5) is 11.4. The largest absolute Gasteiger partial charge is 0.423 e. The van der Waals surface area contributed by atoms with Crippen LogP contribution in [0.2, 0.25) is 0 Å². The molecule has 1 atom stereocenters. The van der Waals surface area contributed by atoms with Crippen LogP contribution < -0.4 is 11.1 Å². The topological polar surface area (TPSA) is 94.0 Å². The molecule has 0 spiro atoms. The normalized spacial score (nSPS) is 12.1. The lowest BCUT2D eigenvalue weighted by Gasteiger charge is -2.08. The van der Waals surface area contributed by atoms with Crippen molar-refractivity contribution in [3.05, 3.63) is 30.7 Å². The summed E-state index contributed by atoms with van der Waals surface area (Å²) < 4.78 is 5.07. The van der Waals surface area contributed by atoms with Gasteiger partial charge in [-0.1, -0.05) is 6.07 Å². The number of hydrogen-bond acceptors (Lipinski definition) is 5. The Labute approximate surface area is 97.8 Å². The van der Waals surface area contributed by atoms with E-state index in [9.17, 15) is 4.79 Å². The van der Waals surface area contributed by atoms with Crippen LogP contribution in [0.1, 0.15) is 6.92 Å². The highest BCUT2D eigenvalue weighted by atomic mass is 16.4. The number of hydrogen-bond donors (Lipinski definition) is 2. The highest BCUT2D eigenvalue weighted by Crippen LogP contribution is 2.20. The number of nitrogens with one attached hydrogen (secondary N) is 1. The zero-order valence-corrected chi connectivity index (χ0v) is 9.25. The predicted octanol–water partition coefficient (Wildman–Crippen LogP) is 1.02. The van der Waals surface area contributed by atoms with Gasteiger partial charge in [0, 0.05) is 11.3 Å². The Kier molecular flexibility index (Phi) is 3.15. The minimum atomic E-state index is -0.554. The molecule has 17 heavy (non-hydrogen) atoms. The average molecular weight is 232 g/mol. The highest BCUT2D eigenvalue weighted by molar-refractivity contribution is 5.94. The van der Waals surface area contributed by atoms with Crippen molar-refractivity contribution in [3.8, 4) is 11.5 Å². The second-order valence-corrected chi connectivity index (χ2v) is 3.60. The smallest absolute Gasteiger partial charge is 0.247 e. The lowest BCUT2D eigenvalue weighted by Crippen LogP contribution is -2.32. The number of amides is 1. The van der Waals surface area contributed by atoms with Gasteiger partial charge in [0.05, 0.1) is 6.04 Å². The van der Waals surface area contributed by atoms with Gasteiger partial charge in [0.25, 0.3) is 0 Å². The maximum absolute atomic E-state index is 11.4. The van der Waals surface area contributed by atoms with Crippen LogP contribution in [-0.2, 0) is 4.79 Å². The zero-order valence-electron chi connectivity index (χ0n) is 9.25. The molecule has 0 bridgehead atoms. The van der Waals surface area contributed by atoms with Crippen molar-refractivity contribution in [2.45, 2.75) is 13.0 Å². The molecule has 1 amide bonds. The van der Waals surface area contributed by atoms with Crippen molar-refractivity contribution >= 4 is 11.6 Å². The molecule has 1 aromatic carbocycles. The SMILES string of the molecule is CC(N)C(=O)Nc1cccc(-c2nnco2)c1. The summed E-state index contributed by atoms with van der Waals surface area (Å²) in [5, 5.41) is 10.1. The summed E-state index contributed by atoms with van der Waals surface area (Å²) in [7, 11) is 0. The van der Waals surface area contributed by atoms with Crippen LogP contribution in [0.15, 0.2) is 35.1 Å². The Morgan fingerprint density at radius 2 is 2.35 bits per heavy atom. The molecule has 2 aromatic rings.